The molecular formula is C20H29NO8. The fraction of sp³-hybridized carbons (Fsp3) is 0.650. The number of amides is 1. The van der Waals surface area contributed by atoms with Gasteiger partial charge in [-0.3, -0.25) is 0 Å². The molecule has 2 saturated heterocycles. The zero-order valence-electron chi connectivity index (χ0n) is 16.7. The minimum atomic E-state index is -1.01. The lowest BCUT2D eigenvalue weighted by Crippen LogP contribution is -2.58. The quantitative estimate of drug-likeness (QED) is 0.541. The van der Waals surface area contributed by atoms with E-state index in [9.17, 15) is 15.0 Å². The molecule has 2 aliphatic rings. The van der Waals surface area contributed by atoms with Gasteiger partial charge in [0.2, 0.25) is 0 Å². The fourth-order valence-electron chi connectivity index (χ4n) is 3.35. The summed E-state index contributed by atoms with van der Waals surface area (Å²) >= 11 is 0. The van der Waals surface area contributed by atoms with Gasteiger partial charge in [0.25, 0.3) is 0 Å². The second-order valence-corrected chi connectivity index (χ2v) is 7.49. The number of nitrogens with one attached hydrogen (secondary N) is 1. The standard InChI is InChI=1S/C20H29NO8/c1-20(2)28-16-15(23)14(11-22)27-18(17(16)29-20)25-10-6-9-21-19(24)26-12-13-7-4-3-5-8-13/h3-5,7-8,14-18,22-23H,6,9-12H2,1-2H3,(H,21,24)/t14?,15-,16+,17?,18+/m1/s1. The molecule has 1 aromatic rings. The molecule has 29 heavy (non-hydrogen) atoms. The van der Waals surface area contributed by atoms with Gasteiger partial charge in [0.05, 0.1) is 13.2 Å². The highest BCUT2D eigenvalue weighted by Gasteiger charge is 2.55. The normalized spacial score (nSPS) is 30.6. The van der Waals surface area contributed by atoms with Gasteiger partial charge in [-0.15, -0.1) is 0 Å². The Labute approximate surface area is 169 Å². The Morgan fingerprint density at radius 2 is 1.93 bits per heavy atom. The summed E-state index contributed by atoms with van der Waals surface area (Å²) in [5, 5.41) is 22.4. The van der Waals surface area contributed by atoms with Crippen molar-refractivity contribution in [3.63, 3.8) is 0 Å². The van der Waals surface area contributed by atoms with Crippen LogP contribution in [0.15, 0.2) is 30.3 Å². The number of hydrogen-bond donors (Lipinski definition) is 3. The van der Waals surface area contributed by atoms with Crippen molar-refractivity contribution in [2.24, 2.45) is 0 Å². The molecular weight excluding hydrogens is 382 g/mol. The van der Waals surface area contributed by atoms with Gasteiger partial charge in [0, 0.05) is 6.54 Å². The maximum atomic E-state index is 11.7. The van der Waals surface area contributed by atoms with Gasteiger partial charge in [0.15, 0.2) is 12.1 Å². The van der Waals surface area contributed by atoms with Crippen molar-refractivity contribution in [3.05, 3.63) is 35.9 Å². The molecule has 0 saturated carbocycles. The van der Waals surface area contributed by atoms with Crippen molar-refractivity contribution in [2.75, 3.05) is 19.8 Å². The zero-order valence-corrected chi connectivity index (χ0v) is 16.7. The number of rotatable bonds is 8. The first-order valence-electron chi connectivity index (χ1n) is 9.76. The Morgan fingerprint density at radius 3 is 2.66 bits per heavy atom. The number of alkyl carbamates (subject to hydrolysis) is 1. The van der Waals surface area contributed by atoms with Crippen LogP contribution in [0.2, 0.25) is 0 Å². The van der Waals surface area contributed by atoms with Gasteiger partial charge >= 0.3 is 6.09 Å². The molecule has 2 fully saturated rings. The van der Waals surface area contributed by atoms with Crippen molar-refractivity contribution in [1.82, 2.24) is 5.32 Å². The molecule has 3 rings (SSSR count). The summed E-state index contributed by atoms with van der Waals surface area (Å²) in [6.45, 7) is 3.99. The lowest BCUT2D eigenvalue weighted by Gasteiger charge is -2.39. The third-order valence-electron chi connectivity index (χ3n) is 4.72. The second kappa shape index (κ2) is 9.84. The van der Waals surface area contributed by atoms with Crippen LogP contribution in [-0.2, 0) is 30.3 Å². The lowest BCUT2D eigenvalue weighted by atomic mass is 9.99. The van der Waals surface area contributed by atoms with Crippen molar-refractivity contribution in [1.29, 1.82) is 0 Å². The van der Waals surface area contributed by atoms with Crippen LogP contribution in [0.1, 0.15) is 25.8 Å². The maximum Gasteiger partial charge on any atom is 0.407 e. The molecule has 2 unspecified atom stereocenters. The van der Waals surface area contributed by atoms with Crippen LogP contribution >= 0.6 is 0 Å². The molecule has 0 aliphatic carbocycles. The Kier molecular flexibility index (Phi) is 7.44. The van der Waals surface area contributed by atoms with E-state index >= 15 is 0 Å². The molecule has 0 aromatic heterocycles. The molecule has 0 bridgehead atoms. The minimum absolute atomic E-state index is 0.208. The first-order valence-corrected chi connectivity index (χ1v) is 9.76. The average Bonchev–Trinajstić information content (AvgIpc) is 3.04. The van der Waals surface area contributed by atoms with E-state index in [0.717, 1.165) is 5.56 Å². The number of benzene rings is 1. The first-order chi connectivity index (χ1) is 13.9. The van der Waals surface area contributed by atoms with E-state index in [4.69, 9.17) is 23.7 Å². The maximum absolute atomic E-state index is 11.7. The molecule has 2 aliphatic heterocycles. The number of hydrogen-bond acceptors (Lipinski definition) is 8. The number of carbonyl (C=O) groups excluding carboxylic acids is 1. The number of ether oxygens (including phenoxy) is 5. The van der Waals surface area contributed by atoms with Crippen molar-refractivity contribution in [2.45, 2.75) is 63.4 Å². The Balaban J connectivity index is 1.37. The van der Waals surface area contributed by atoms with Gasteiger partial charge in [-0.05, 0) is 25.8 Å². The lowest BCUT2D eigenvalue weighted by molar-refractivity contribution is -0.280. The third-order valence-corrected chi connectivity index (χ3v) is 4.72. The number of carbonyl (C=O) groups is 1. The van der Waals surface area contributed by atoms with Crippen molar-refractivity contribution >= 4 is 6.09 Å². The van der Waals surface area contributed by atoms with E-state index in [0.29, 0.717) is 13.0 Å². The topological polar surface area (TPSA) is 116 Å². The van der Waals surface area contributed by atoms with Crippen molar-refractivity contribution in [3.8, 4) is 0 Å². The monoisotopic (exact) mass is 411 g/mol. The van der Waals surface area contributed by atoms with Gasteiger partial charge in [0.1, 0.15) is 31.0 Å². The molecule has 162 valence electrons. The smallest absolute Gasteiger partial charge is 0.407 e. The van der Waals surface area contributed by atoms with E-state index in [1.165, 1.54) is 0 Å². The van der Waals surface area contributed by atoms with E-state index in [2.05, 4.69) is 5.32 Å². The highest BCUT2D eigenvalue weighted by atomic mass is 16.8. The Hall–Kier alpha value is -1.75. The summed E-state index contributed by atoms with van der Waals surface area (Å²) in [5.74, 6) is -0.879. The highest BCUT2D eigenvalue weighted by Crippen LogP contribution is 2.37. The molecule has 1 amide bonds. The summed E-state index contributed by atoms with van der Waals surface area (Å²) in [6, 6.07) is 9.42. The number of aliphatic hydroxyl groups excluding tert-OH is 2. The highest BCUT2D eigenvalue weighted by molar-refractivity contribution is 5.67. The fourth-order valence-corrected chi connectivity index (χ4v) is 3.35. The second-order valence-electron chi connectivity index (χ2n) is 7.49. The molecule has 1 aromatic carbocycles. The largest absolute Gasteiger partial charge is 0.445 e. The minimum Gasteiger partial charge on any atom is -0.445 e. The summed E-state index contributed by atoms with van der Waals surface area (Å²) in [4.78, 5) is 11.7. The number of fused-ring (bicyclic) bond motifs is 1. The third kappa shape index (κ3) is 5.88. The molecule has 9 nitrogen and oxygen atoms in total. The molecule has 0 spiro atoms. The average molecular weight is 411 g/mol. The predicted molar refractivity (Wildman–Crippen MR) is 101 cm³/mol. The van der Waals surface area contributed by atoms with Gasteiger partial charge in [-0.25, -0.2) is 4.79 Å². The summed E-state index contributed by atoms with van der Waals surface area (Å²) < 4.78 is 28.0. The summed E-state index contributed by atoms with van der Waals surface area (Å²) in [5.41, 5.74) is 0.914. The Bertz CT molecular complexity index is 655. The van der Waals surface area contributed by atoms with Crippen molar-refractivity contribution < 1.29 is 38.7 Å². The van der Waals surface area contributed by atoms with Crippen LogP contribution in [0, 0.1) is 0 Å². The van der Waals surface area contributed by atoms with Crippen LogP contribution in [0.4, 0.5) is 4.79 Å². The van der Waals surface area contributed by atoms with Crippen LogP contribution in [-0.4, -0.2) is 72.6 Å². The van der Waals surface area contributed by atoms with E-state index in [1.54, 1.807) is 13.8 Å². The Morgan fingerprint density at radius 1 is 1.21 bits per heavy atom. The predicted octanol–water partition coefficient (Wildman–Crippen LogP) is 0.918. The summed E-state index contributed by atoms with van der Waals surface area (Å²) in [7, 11) is 0. The van der Waals surface area contributed by atoms with Crippen LogP contribution in [0.25, 0.3) is 0 Å². The molecule has 5 atom stereocenters. The first kappa shape index (κ1) is 21.9. The SMILES string of the molecule is CC1(C)OC2[C@@H](OCCCNC(=O)OCc3ccccc3)OC(CO)[C@@H](O)[C@@H]2O1. The van der Waals surface area contributed by atoms with Crippen LogP contribution in [0.3, 0.4) is 0 Å². The van der Waals surface area contributed by atoms with Gasteiger partial charge in [-0.2, -0.15) is 0 Å². The zero-order chi connectivity index (χ0) is 20.9. The summed E-state index contributed by atoms with van der Waals surface area (Å²) in [6.07, 6.45) is -3.84. The molecule has 3 N–H and O–H groups in total. The van der Waals surface area contributed by atoms with Crippen LogP contribution < -0.4 is 5.32 Å². The van der Waals surface area contributed by atoms with Gasteiger partial charge < -0.3 is 39.2 Å². The van der Waals surface area contributed by atoms with Gasteiger partial charge in [-0.1, -0.05) is 30.3 Å². The van der Waals surface area contributed by atoms with E-state index in [-0.39, 0.29) is 19.8 Å². The number of aliphatic hydroxyl groups is 2. The van der Waals surface area contributed by atoms with E-state index in [1.807, 2.05) is 30.3 Å². The van der Waals surface area contributed by atoms with Crippen LogP contribution in [0.5, 0.6) is 0 Å². The van der Waals surface area contributed by atoms with E-state index < -0.39 is 42.6 Å². The molecule has 2 heterocycles. The molecule has 9 heteroatoms. The molecule has 0 radical (unpaired) electrons.